The number of hydrogen-bond acceptors (Lipinski definition) is 5. The Morgan fingerprint density at radius 2 is 2.10 bits per heavy atom. The van der Waals surface area contributed by atoms with Crippen molar-refractivity contribution in [3.63, 3.8) is 0 Å². The summed E-state index contributed by atoms with van der Waals surface area (Å²) < 4.78 is 11.1. The lowest BCUT2D eigenvalue weighted by atomic mass is 9.65. The van der Waals surface area contributed by atoms with Crippen LogP contribution in [-0.2, 0) is 19.1 Å². The zero-order valence-electron chi connectivity index (χ0n) is 11.4. The van der Waals surface area contributed by atoms with Crippen molar-refractivity contribution in [2.75, 3.05) is 6.61 Å². The number of rotatable bonds is 0. The predicted molar refractivity (Wildman–Crippen MR) is 67.7 cm³/mol. The summed E-state index contributed by atoms with van der Waals surface area (Å²) in [5.41, 5.74) is -1.85. The van der Waals surface area contributed by atoms with Gasteiger partial charge in [-0.15, -0.1) is 0 Å². The standard InChI is InChI=1S/C15H18O5/c1-7-9-4-3-8-6-19-11-5-10(16)14(2,15(8,11)18)12(9)20-13(7)17/h8-9,11-12,18H,1,3-6H2,2H3/t8-,9-,11+,12-,14+,15-/m0/s1. The van der Waals surface area contributed by atoms with Gasteiger partial charge in [0.15, 0.2) is 0 Å². The van der Waals surface area contributed by atoms with Gasteiger partial charge in [0.2, 0.25) is 0 Å². The number of carbonyl (C=O) groups is 2. The molecule has 2 aliphatic carbocycles. The van der Waals surface area contributed by atoms with Crippen molar-refractivity contribution in [2.45, 2.75) is 44.0 Å². The Bertz CT molecular complexity index is 540. The molecule has 0 aromatic heterocycles. The summed E-state index contributed by atoms with van der Waals surface area (Å²) in [6.45, 7) is 6.04. The maximum absolute atomic E-state index is 12.6. The number of carbonyl (C=O) groups excluding carboxylic acids is 2. The van der Waals surface area contributed by atoms with Crippen LogP contribution in [0, 0.1) is 17.3 Å². The average molecular weight is 278 g/mol. The van der Waals surface area contributed by atoms with Crippen LogP contribution < -0.4 is 0 Å². The Morgan fingerprint density at radius 3 is 2.85 bits per heavy atom. The molecule has 0 bridgehead atoms. The smallest absolute Gasteiger partial charge is 0.334 e. The number of aliphatic hydroxyl groups is 1. The fourth-order valence-electron chi connectivity index (χ4n) is 4.85. The molecule has 2 heterocycles. The van der Waals surface area contributed by atoms with Gasteiger partial charge < -0.3 is 14.6 Å². The minimum atomic E-state index is -1.21. The van der Waals surface area contributed by atoms with Crippen LogP contribution in [0.4, 0.5) is 0 Å². The van der Waals surface area contributed by atoms with Gasteiger partial charge in [0.25, 0.3) is 0 Å². The van der Waals surface area contributed by atoms with E-state index in [0.717, 1.165) is 6.42 Å². The molecule has 4 aliphatic rings. The first kappa shape index (κ1) is 12.5. The topological polar surface area (TPSA) is 72.8 Å². The fourth-order valence-corrected chi connectivity index (χ4v) is 4.85. The molecule has 0 radical (unpaired) electrons. The number of esters is 1. The van der Waals surface area contributed by atoms with Crippen molar-refractivity contribution < 1.29 is 24.2 Å². The van der Waals surface area contributed by atoms with E-state index in [0.29, 0.717) is 18.6 Å². The Balaban J connectivity index is 1.90. The summed E-state index contributed by atoms with van der Waals surface area (Å²) in [6, 6.07) is 0. The maximum atomic E-state index is 12.6. The molecule has 0 aromatic carbocycles. The Hall–Kier alpha value is -1.20. The Kier molecular flexibility index (Phi) is 2.20. The summed E-state index contributed by atoms with van der Waals surface area (Å²) >= 11 is 0. The number of ether oxygens (including phenoxy) is 2. The predicted octanol–water partition coefficient (Wildman–Crippen LogP) is 0.603. The lowest BCUT2D eigenvalue weighted by Crippen LogP contribution is -2.58. The van der Waals surface area contributed by atoms with Crippen molar-refractivity contribution in [2.24, 2.45) is 17.3 Å². The molecule has 2 saturated carbocycles. The highest BCUT2D eigenvalue weighted by molar-refractivity contribution is 5.95. The molecule has 1 N–H and O–H groups in total. The van der Waals surface area contributed by atoms with E-state index in [2.05, 4.69) is 6.58 Å². The third-order valence-electron chi connectivity index (χ3n) is 6.10. The zero-order chi connectivity index (χ0) is 14.3. The fraction of sp³-hybridized carbons (Fsp3) is 0.733. The van der Waals surface area contributed by atoms with E-state index < -0.39 is 29.2 Å². The monoisotopic (exact) mass is 278 g/mol. The van der Waals surface area contributed by atoms with Gasteiger partial charge in [0, 0.05) is 23.8 Å². The van der Waals surface area contributed by atoms with E-state index in [9.17, 15) is 14.7 Å². The normalized spacial score (nSPS) is 53.6. The molecule has 6 atom stereocenters. The van der Waals surface area contributed by atoms with Crippen LogP contribution in [0.3, 0.4) is 0 Å². The van der Waals surface area contributed by atoms with Crippen LogP contribution in [0.15, 0.2) is 12.2 Å². The maximum Gasteiger partial charge on any atom is 0.334 e. The van der Waals surface area contributed by atoms with E-state index in [1.807, 2.05) is 0 Å². The Labute approximate surface area is 116 Å². The molecule has 0 amide bonds. The summed E-state index contributed by atoms with van der Waals surface area (Å²) in [5, 5.41) is 11.3. The van der Waals surface area contributed by atoms with Gasteiger partial charge in [-0.2, -0.15) is 0 Å². The van der Waals surface area contributed by atoms with Gasteiger partial charge in [-0.25, -0.2) is 4.79 Å². The Morgan fingerprint density at radius 1 is 1.35 bits per heavy atom. The minimum absolute atomic E-state index is 0.0610. The number of ketones is 1. The van der Waals surface area contributed by atoms with E-state index in [-0.39, 0.29) is 24.0 Å². The minimum Gasteiger partial charge on any atom is -0.457 e. The van der Waals surface area contributed by atoms with Gasteiger partial charge in [-0.05, 0) is 19.8 Å². The third kappa shape index (κ3) is 1.10. The summed E-state index contributed by atoms with van der Waals surface area (Å²) in [4.78, 5) is 24.4. The summed E-state index contributed by atoms with van der Waals surface area (Å²) in [5.74, 6) is -0.724. The second-order valence-electron chi connectivity index (χ2n) is 6.71. The summed E-state index contributed by atoms with van der Waals surface area (Å²) in [6.07, 6.45) is 0.581. The van der Waals surface area contributed by atoms with Crippen molar-refractivity contribution in [3.8, 4) is 0 Å². The molecule has 20 heavy (non-hydrogen) atoms. The van der Waals surface area contributed by atoms with Crippen LogP contribution in [-0.4, -0.2) is 41.3 Å². The van der Waals surface area contributed by atoms with Crippen molar-refractivity contribution in [1.29, 1.82) is 0 Å². The quantitative estimate of drug-likeness (QED) is 0.519. The third-order valence-corrected chi connectivity index (χ3v) is 6.10. The van der Waals surface area contributed by atoms with Crippen LogP contribution in [0.5, 0.6) is 0 Å². The van der Waals surface area contributed by atoms with Crippen LogP contribution in [0.2, 0.25) is 0 Å². The molecule has 0 unspecified atom stereocenters. The summed E-state index contributed by atoms with van der Waals surface area (Å²) in [7, 11) is 0. The molecular formula is C15H18O5. The van der Waals surface area contributed by atoms with Gasteiger partial charge in [-0.3, -0.25) is 4.79 Å². The van der Waals surface area contributed by atoms with Gasteiger partial charge in [-0.1, -0.05) is 6.58 Å². The molecule has 0 spiro atoms. The van der Waals surface area contributed by atoms with Crippen LogP contribution in [0.25, 0.3) is 0 Å². The first-order valence-corrected chi connectivity index (χ1v) is 7.17. The molecule has 4 fully saturated rings. The second kappa shape index (κ2) is 3.52. The zero-order valence-corrected chi connectivity index (χ0v) is 11.4. The van der Waals surface area contributed by atoms with E-state index in [4.69, 9.17) is 9.47 Å². The highest BCUT2D eigenvalue weighted by atomic mass is 16.6. The van der Waals surface area contributed by atoms with E-state index in [1.165, 1.54) is 0 Å². The molecule has 2 aliphatic heterocycles. The van der Waals surface area contributed by atoms with Crippen LogP contribution >= 0.6 is 0 Å². The molecule has 2 saturated heterocycles. The van der Waals surface area contributed by atoms with E-state index >= 15 is 0 Å². The highest BCUT2D eigenvalue weighted by Crippen LogP contribution is 2.61. The molecule has 0 aromatic rings. The van der Waals surface area contributed by atoms with Crippen molar-refractivity contribution in [1.82, 2.24) is 0 Å². The number of hydrogen-bond donors (Lipinski definition) is 1. The second-order valence-corrected chi connectivity index (χ2v) is 6.71. The van der Waals surface area contributed by atoms with Gasteiger partial charge in [0.1, 0.15) is 17.5 Å². The molecule has 5 nitrogen and oxygen atoms in total. The first-order chi connectivity index (χ1) is 9.40. The highest BCUT2D eigenvalue weighted by Gasteiger charge is 2.75. The molecule has 4 rings (SSSR count). The average Bonchev–Trinajstić information content (AvgIpc) is 2.91. The SMILES string of the molecule is C=C1C(=O)O[C@H]2[C@H]1CC[C@H]1CO[C@@H]3CC(=O)[C@@]2(C)[C@]13O. The van der Waals surface area contributed by atoms with E-state index in [1.54, 1.807) is 6.92 Å². The lowest BCUT2D eigenvalue weighted by Gasteiger charge is -2.42. The molecule has 108 valence electrons. The molecular weight excluding hydrogens is 260 g/mol. The van der Waals surface area contributed by atoms with Crippen LogP contribution in [0.1, 0.15) is 26.2 Å². The van der Waals surface area contributed by atoms with Gasteiger partial charge >= 0.3 is 5.97 Å². The first-order valence-electron chi connectivity index (χ1n) is 7.17. The van der Waals surface area contributed by atoms with Crippen molar-refractivity contribution >= 4 is 11.8 Å². The number of Topliss-reactive ketones (excluding diaryl/α,β-unsaturated/α-hetero) is 1. The lowest BCUT2D eigenvalue weighted by molar-refractivity contribution is -0.172. The van der Waals surface area contributed by atoms with Crippen molar-refractivity contribution in [3.05, 3.63) is 12.2 Å². The molecule has 5 heteroatoms. The number of fused-ring (bicyclic) bond motifs is 2. The largest absolute Gasteiger partial charge is 0.457 e. The van der Waals surface area contributed by atoms with Gasteiger partial charge in [0.05, 0.1) is 18.1 Å².